The minimum absolute atomic E-state index is 0.664. The van der Waals surface area contributed by atoms with Gasteiger partial charge in [-0.05, 0) is 74.5 Å². The van der Waals surface area contributed by atoms with Crippen LogP contribution in [0.15, 0.2) is 67.1 Å². The average Bonchev–Trinajstić information content (AvgIpc) is 3.55. The number of pyridine rings is 1. The lowest BCUT2D eigenvalue weighted by Crippen LogP contribution is -2.40. The molecule has 6 nitrogen and oxygen atoms in total. The van der Waals surface area contributed by atoms with E-state index >= 15 is 0 Å². The topological polar surface area (TPSA) is 62.7 Å². The molecule has 3 atom stereocenters. The first-order chi connectivity index (χ1) is 18.1. The van der Waals surface area contributed by atoms with Crippen molar-refractivity contribution in [3.63, 3.8) is 0 Å². The van der Waals surface area contributed by atoms with Crippen LogP contribution in [0.25, 0.3) is 44.2 Å². The third kappa shape index (κ3) is 3.65. The summed E-state index contributed by atoms with van der Waals surface area (Å²) in [6, 6.07) is 20.3. The molecule has 2 saturated heterocycles. The molecule has 0 N–H and O–H groups in total. The lowest BCUT2D eigenvalue weighted by atomic mass is 9.91. The number of hydrogen-bond donors (Lipinski definition) is 0. The summed E-state index contributed by atoms with van der Waals surface area (Å²) >= 11 is 0. The lowest BCUT2D eigenvalue weighted by molar-refractivity contribution is 0.126. The first-order valence-electron chi connectivity index (χ1n) is 13.2. The molecule has 6 heteroatoms. The maximum Gasteiger partial charge on any atom is 0.0991 e. The van der Waals surface area contributed by atoms with E-state index in [9.17, 15) is 5.26 Å². The summed E-state index contributed by atoms with van der Waals surface area (Å²) in [6.45, 7) is 1.04. The van der Waals surface area contributed by atoms with E-state index in [4.69, 9.17) is 4.98 Å². The average molecular weight is 487 g/mol. The Morgan fingerprint density at radius 1 is 0.919 bits per heavy atom. The third-order valence-electron chi connectivity index (χ3n) is 8.80. The van der Waals surface area contributed by atoms with E-state index in [1.54, 1.807) is 0 Å². The maximum atomic E-state index is 9.35. The van der Waals surface area contributed by atoms with Gasteiger partial charge < -0.3 is 9.47 Å². The van der Waals surface area contributed by atoms with Crippen LogP contribution in [0.3, 0.4) is 0 Å². The van der Waals surface area contributed by atoms with Gasteiger partial charge in [-0.3, -0.25) is 9.67 Å². The summed E-state index contributed by atoms with van der Waals surface area (Å²) in [4.78, 5) is 7.68. The van der Waals surface area contributed by atoms with Crippen molar-refractivity contribution in [3.8, 4) is 28.5 Å². The Hall–Kier alpha value is -3.95. The highest BCUT2D eigenvalue weighted by molar-refractivity contribution is 6.02. The van der Waals surface area contributed by atoms with Gasteiger partial charge in [0.25, 0.3) is 0 Å². The number of hydrogen-bond acceptors (Lipinski definition) is 4. The fourth-order valence-electron chi connectivity index (χ4n) is 6.80. The van der Waals surface area contributed by atoms with Crippen molar-refractivity contribution in [3.05, 3.63) is 72.7 Å². The number of aromatic nitrogens is 4. The van der Waals surface area contributed by atoms with Crippen molar-refractivity contribution >= 4 is 21.8 Å². The number of aryl methyl sites for hydroxylation is 1. The van der Waals surface area contributed by atoms with Gasteiger partial charge >= 0.3 is 0 Å². The number of nitrogens with zero attached hydrogens (tertiary/aromatic N) is 6. The Morgan fingerprint density at radius 2 is 1.68 bits per heavy atom. The summed E-state index contributed by atoms with van der Waals surface area (Å²) < 4.78 is 4.31. The molecule has 7 rings (SSSR count). The van der Waals surface area contributed by atoms with Crippen LogP contribution in [0, 0.1) is 17.2 Å². The Kier molecular flexibility index (Phi) is 5.16. The predicted octanol–water partition coefficient (Wildman–Crippen LogP) is 6.00. The SMILES string of the molecule is CN1[C@@H]2CC[C@H]1C[C@H](Cn1ccc3c(-c4ccc(C#N)cc4)c(-c4ccc5c(cnn5C)c4)ncc31)C2. The van der Waals surface area contributed by atoms with Gasteiger partial charge in [0.2, 0.25) is 0 Å². The van der Waals surface area contributed by atoms with E-state index in [1.807, 2.05) is 42.2 Å². The molecule has 0 saturated carbocycles. The molecule has 5 aromatic rings. The second-order valence-corrected chi connectivity index (χ2v) is 10.9. The van der Waals surface area contributed by atoms with Crippen LogP contribution < -0.4 is 0 Å². The fourth-order valence-corrected chi connectivity index (χ4v) is 6.80. The second kappa shape index (κ2) is 8.57. The fraction of sp³-hybridized carbons (Fsp3) is 0.323. The van der Waals surface area contributed by atoms with Gasteiger partial charge in [-0.2, -0.15) is 10.4 Å². The van der Waals surface area contributed by atoms with Gasteiger partial charge in [-0.15, -0.1) is 0 Å². The molecule has 2 bridgehead atoms. The summed E-state index contributed by atoms with van der Waals surface area (Å²) in [5.41, 5.74) is 7.16. The van der Waals surface area contributed by atoms with Crippen molar-refractivity contribution in [1.82, 2.24) is 24.2 Å². The summed E-state index contributed by atoms with van der Waals surface area (Å²) in [7, 11) is 4.27. The van der Waals surface area contributed by atoms with Crippen molar-refractivity contribution < 1.29 is 0 Å². The van der Waals surface area contributed by atoms with Crippen molar-refractivity contribution in [1.29, 1.82) is 5.26 Å². The zero-order valence-electron chi connectivity index (χ0n) is 21.3. The molecule has 0 spiro atoms. The Bertz CT molecular complexity index is 1650. The molecule has 0 aliphatic carbocycles. The van der Waals surface area contributed by atoms with Crippen molar-refractivity contribution in [2.24, 2.45) is 13.0 Å². The van der Waals surface area contributed by atoms with Crippen LogP contribution in [-0.4, -0.2) is 43.4 Å². The normalized spacial score (nSPS) is 21.6. The number of rotatable bonds is 4. The highest BCUT2D eigenvalue weighted by Crippen LogP contribution is 2.41. The maximum absolute atomic E-state index is 9.35. The molecule has 3 aromatic heterocycles. The minimum atomic E-state index is 0.664. The molecule has 0 radical (unpaired) electrons. The summed E-state index contributed by atoms with van der Waals surface area (Å²) in [6.07, 6.45) is 11.5. The molecular formula is C31H30N6. The van der Waals surface area contributed by atoms with Crippen LogP contribution in [0.5, 0.6) is 0 Å². The lowest BCUT2D eigenvalue weighted by Gasteiger charge is -2.36. The third-order valence-corrected chi connectivity index (χ3v) is 8.80. The monoisotopic (exact) mass is 486 g/mol. The highest BCUT2D eigenvalue weighted by atomic mass is 15.2. The second-order valence-electron chi connectivity index (χ2n) is 10.9. The Morgan fingerprint density at radius 3 is 2.43 bits per heavy atom. The quantitative estimate of drug-likeness (QED) is 0.312. The van der Waals surface area contributed by atoms with E-state index in [0.717, 1.165) is 51.9 Å². The molecular weight excluding hydrogens is 456 g/mol. The molecule has 5 heterocycles. The Balaban J connectivity index is 1.34. The molecule has 2 aliphatic rings. The highest BCUT2D eigenvalue weighted by Gasteiger charge is 2.38. The molecule has 2 aliphatic heterocycles. The van der Waals surface area contributed by atoms with Gasteiger partial charge in [0.1, 0.15) is 0 Å². The van der Waals surface area contributed by atoms with Crippen LogP contribution in [0.4, 0.5) is 0 Å². The zero-order chi connectivity index (χ0) is 25.1. The molecule has 37 heavy (non-hydrogen) atoms. The number of piperidine rings is 1. The number of nitriles is 1. The summed E-state index contributed by atoms with van der Waals surface area (Å²) in [5.74, 6) is 0.704. The van der Waals surface area contributed by atoms with Gasteiger partial charge in [0, 0.05) is 53.8 Å². The van der Waals surface area contributed by atoms with Crippen molar-refractivity contribution in [2.45, 2.75) is 44.3 Å². The van der Waals surface area contributed by atoms with Crippen LogP contribution in [0.1, 0.15) is 31.2 Å². The number of fused-ring (bicyclic) bond motifs is 4. The smallest absolute Gasteiger partial charge is 0.0991 e. The first-order valence-corrected chi connectivity index (χ1v) is 13.2. The minimum Gasteiger partial charge on any atom is -0.346 e. The molecule has 0 unspecified atom stereocenters. The molecule has 0 amide bonds. The van der Waals surface area contributed by atoms with Crippen LogP contribution in [0.2, 0.25) is 0 Å². The predicted molar refractivity (Wildman–Crippen MR) is 147 cm³/mol. The largest absolute Gasteiger partial charge is 0.346 e. The van der Waals surface area contributed by atoms with Crippen LogP contribution in [-0.2, 0) is 13.6 Å². The molecule has 184 valence electrons. The van der Waals surface area contributed by atoms with Crippen molar-refractivity contribution in [2.75, 3.05) is 7.05 Å². The van der Waals surface area contributed by atoms with E-state index in [2.05, 4.69) is 64.3 Å². The van der Waals surface area contributed by atoms with E-state index in [1.165, 1.54) is 36.6 Å². The Labute approximate surface area is 216 Å². The standard InChI is InChI=1S/C31H30N6/c1-35-25-8-9-26(35)14-21(13-25)19-37-12-11-27-29(37)18-33-31(30(27)22-5-3-20(16-32)4-6-22)23-7-10-28-24(15-23)17-34-36(28)2/h3-7,10-12,15,17-18,21,25-26H,8-9,13-14,19H2,1-2H3/t21-,25-,26+. The number of benzene rings is 2. The van der Waals surface area contributed by atoms with Gasteiger partial charge in [0.05, 0.1) is 40.8 Å². The van der Waals surface area contributed by atoms with E-state index in [0.29, 0.717) is 11.5 Å². The van der Waals surface area contributed by atoms with Gasteiger partial charge in [-0.25, -0.2) is 0 Å². The van der Waals surface area contributed by atoms with Crippen LogP contribution >= 0.6 is 0 Å². The molecule has 2 fully saturated rings. The summed E-state index contributed by atoms with van der Waals surface area (Å²) in [5, 5.41) is 16.1. The van der Waals surface area contributed by atoms with Gasteiger partial charge in [-0.1, -0.05) is 18.2 Å². The molecule has 2 aromatic carbocycles. The zero-order valence-corrected chi connectivity index (χ0v) is 21.3. The van der Waals surface area contributed by atoms with E-state index in [-0.39, 0.29) is 0 Å². The van der Waals surface area contributed by atoms with E-state index < -0.39 is 0 Å². The first kappa shape index (κ1) is 22.3. The van der Waals surface area contributed by atoms with Gasteiger partial charge in [0.15, 0.2) is 0 Å².